The zero-order valence-electron chi connectivity index (χ0n) is 15.1. The quantitative estimate of drug-likeness (QED) is 0.534. The fourth-order valence-corrected chi connectivity index (χ4v) is 3.82. The van der Waals surface area contributed by atoms with E-state index in [0.717, 1.165) is 17.7 Å². The molecular formula is C22H17ClN2O2S. The Hall–Kier alpha value is -2.76. The van der Waals surface area contributed by atoms with E-state index < -0.39 is 0 Å². The lowest BCUT2D eigenvalue weighted by atomic mass is 10.2. The van der Waals surface area contributed by atoms with Gasteiger partial charge in [0, 0.05) is 11.6 Å². The number of rotatable bonds is 4. The molecule has 4 nitrogen and oxygen atoms in total. The second-order valence-electron chi connectivity index (χ2n) is 6.18. The van der Waals surface area contributed by atoms with Crippen molar-refractivity contribution < 1.29 is 9.21 Å². The van der Waals surface area contributed by atoms with Crippen molar-refractivity contribution in [2.45, 2.75) is 13.3 Å². The van der Waals surface area contributed by atoms with Crippen molar-refractivity contribution in [2.75, 3.05) is 0 Å². The summed E-state index contributed by atoms with van der Waals surface area (Å²) in [5.74, 6) is 1.05. The lowest BCUT2D eigenvalue weighted by Gasteiger charge is -1.99. The Morgan fingerprint density at radius 1 is 1.11 bits per heavy atom. The molecule has 1 amide bonds. The molecule has 0 aliphatic carbocycles. The average Bonchev–Trinajstić information content (AvgIpc) is 3.30. The van der Waals surface area contributed by atoms with Gasteiger partial charge in [-0.25, -0.2) is 4.99 Å². The largest absolute Gasteiger partial charge is 0.457 e. The second-order valence-corrected chi connectivity index (χ2v) is 7.62. The molecule has 1 aliphatic rings. The van der Waals surface area contributed by atoms with Crippen LogP contribution in [-0.4, -0.2) is 11.1 Å². The van der Waals surface area contributed by atoms with Crippen LogP contribution in [0.2, 0.25) is 5.02 Å². The number of carbonyl (C=O) groups is 1. The molecule has 1 N–H and O–H groups in total. The molecule has 1 aliphatic heterocycles. The van der Waals surface area contributed by atoms with Crippen LogP contribution in [0.15, 0.2) is 75.0 Å². The van der Waals surface area contributed by atoms with Crippen molar-refractivity contribution in [3.63, 3.8) is 0 Å². The minimum absolute atomic E-state index is 0.190. The van der Waals surface area contributed by atoms with Gasteiger partial charge in [0.25, 0.3) is 5.91 Å². The monoisotopic (exact) mass is 408 g/mol. The van der Waals surface area contributed by atoms with E-state index in [1.165, 1.54) is 17.3 Å². The van der Waals surface area contributed by atoms with Crippen molar-refractivity contribution in [3.05, 3.63) is 81.9 Å². The second kappa shape index (κ2) is 8.09. The molecule has 28 heavy (non-hydrogen) atoms. The third kappa shape index (κ3) is 4.06. The van der Waals surface area contributed by atoms with Gasteiger partial charge in [-0.05, 0) is 60.1 Å². The number of thioether (sulfide) groups is 1. The van der Waals surface area contributed by atoms with Crippen molar-refractivity contribution in [1.82, 2.24) is 5.32 Å². The molecular weight excluding hydrogens is 392 g/mol. The summed E-state index contributed by atoms with van der Waals surface area (Å²) in [5, 5.41) is 3.96. The lowest BCUT2D eigenvalue weighted by molar-refractivity contribution is -0.115. The number of amidine groups is 1. The van der Waals surface area contributed by atoms with Crippen LogP contribution in [0.3, 0.4) is 0 Å². The highest BCUT2D eigenvalue weighted by Crippen LogP contribution is 2.32. The van der Waals surface area contributed by atoms with Crippen LogP contribution in [0.1, 0.15) is 18.2 Å². The van der Waals surface area contributed by atoms with Crippen molar-refractivity contribution >= 4 is 46.2 Å². The molecule has 0 unspecified atom stereocenters. The number of amides is 1. The SMILES string of the molecule is CCc1ccc(N=C2NC(=O)/C(=C\c3ccc(-c4ccccc4Cl)o3)S2)cc1. The summed E-state index contributed by atoms with van der Waals surface area (Å²) in [6, 6.07) is 19.1. The number of aliphatic imine (C=N–C) groups is 1. The number of nitrogens with one attached hydrogen (secondary N) is 1. The first-order valence-electron chi connectivity index (χ1n) is 8.85. The first-order chi connectivity index (χ1) is 13.6. The van der Waals surface area contributed by atoms with Crippen molar-refractivity contribution in [1.29, 1.82) is 0 Å². The van der Waals surface area contributed by atoms with Crippen LogP contribution >= 0.6 is 23.4 Å². The van der Waals surface area contributed by atoms with Crippen LogP contribution in [0, 0.1) is 0 Å². The number of hydrogen-bond acceptors (Lipinski definition) is 4. The van der Waals surface area contributed by atoms with Gasteiger partial charge >= 0.3 is 0 Å². The van der Waals surface area contributed by atoms with Gasteiger partial charge in [0.05, 0.1) is 15.6 Å². The summed E-state index contributed by atoms with van der Waals surface area (Å²) in [7, 11) is 0. The van der Waals surface area contributed by atoms with Gasteiger partial charge in [-0.3, -0.25) is 4.79 Å². The van der Waals surface area contributed by atoms with Gasteiger partial charge < -0.3 is 9.73 Å². The molecule has 0 saturated carbocycles. The predicted octanol–water partition coefficient (Wildman–Crippen LogP) is 6.05. The van der Waals surface area contributed by atoms with E-state index in [1.807, 2.05) is 60.7 Å². The Kier molecular flexibility index (Phi) is 5.37. The van der Waals surface area contributed by atoms with Gasteiger partial charge in [-0.1, -0.05) is 42.8 Å². The van der Waals surface area contributed by atoms with E-state index in [4.69, 9.17) is 16.0 Å². The summed E-state index contributed by atoms with van der Waals surface area (Å²) in [4.78, 5) is 17.3. The highest BCUT2D eigenvalue weighted by Gasteiger charge is 2.24. The van der Waals surface area contributed by atoms with E-state index in [0.29, 0.717) is 26.6 Å². The molecule has 1 fully saturated rings. The van der Waals surface area contributed by atoms with Crippen molar-refractivity contribution in [3.8, 4) is 11.3 Å². The minimum atomic E-state index is -0.190. The van der Waals surface area contributed by atoms with Crippen LogP contribution < -0.4 is 5.32 Å². The van der Waals surface area contributed by atoms with Gasteiger partial charge in [0.1, 0.15) is 11.5 Å². The Bertz CT molecular complexity index is 1080. The lowest BCUT2D eigenvalue weighted by Crippen LogP contribution is -2.19. The Morgan fingerprint density at radius 3 is 2.64 bits per heavy atom. The van der Waals surface area contributed by atoms with E-state index in [9.17, 15) is 4.79 Å². The first kappa shape index (κ1) is 18.6. The number of halogens is 1. The number of furan rings is 1. The zero-order valence-corrected chi connectivity index (χ0v) is 16.7. The Labute approximate surface area is 172 Å². The molecule has 2 heterocycles. The van der Waals surface area contributed by atoms with E-state index in [2.05, 4.69) is 17.2 Å². The molecule has 2 aromatic carbocycles. The Balaban J connectivity index is 1.53. The van der Waals surface area contributed by atoms with E-state index in [1.54, 1.807) is 6.08 Å². The third-order valence-electron chi connectivity index (χ3n) is 4.27. The van der Waals surface area contributed by atoms with Crippen LogP contribution in [0.25, 0.3) is 17.4 Å². The maximum atomic E-state index is 12.3. The van der Waals surface area contributed by atoms with Crippen LogP contribution in [-0.2, 0) is 11.2 Å². The molecule has 0 radical (unpaired) electrons. The number of aryl methyl sites for hydroxylation is 1. The normalized spacial score (nSPS) is 16.7. The maximum absolute atomic E-state index is 12.3. The zero-order chi connectivity index (χ0) is 19.5. The standard InChI is InChI=1S/C22H17ClN2O2S/c1-2-14-7-9-15(10-8-14)24-22-25-21(26)20(28-22)13-16-11-12-19(27-16)17-5-3-4-6-18(17)23/h3-13H,2H2,1H3,(H,24,25,26)/b20-13+. The summed E-state index contributed by atoms with van der Waals surface area (Å²) in [5.41, 5.74) is 2.87. The fourth-order valence-electron chi connectivity index (χ4n) is 2.77. The fraction of sp³-hybridized carbons (Fsp3) is 0.0909. The highest BCUT2D eigenvalue weighted by molar-refractivity contribution is 8.18. The molecule has 140 valence electrons. The number of nitrogens with zero attached hydrogens (tertiary/aromatic N) is 1. The summed E-state index contributed by atoms with van der Waals surface area (Å²) >= 11 is 7.51. The molecule has 1 saturated heterocycles. The molecule has 1 aromatic heterocycles. The van der Waals surface area contributed by atoms with Crippen LogP contribution in [0.4, 0.5) is 5.69 Å². The number of hydrogen-bond donors (Lipinski definition) is 1. The van der Waals surface area contributed by atoms with E-state index in [-0.39, 0.29) is 5.91 Å². The molecule has 0 atom stereocenters. The first-order valence-corrected chi connectivity index (χ1v) is 10.0. The molecule has 0 bridgehead atoms. The minimum Gasteiger partial charge on any atom is -0.457 e. The molecule has 6 heteroatoms. The molecule has 3 aromatic rings. The van der Waals surface area contributed by atoms with Crippen molar-refractivity contribution in [2.24, 2.45) is 4.99 Å². The number of carbonyl (C=O) groups excluding carboxylic acids is 1. The van der Waals surface area contributed by atoms with Crippen LogP contribution in [0.5, 0.6) is 0 Å². The van der Waals surface area contributed by atoms with Gasteiger partial charge in [0.2, 0.25) is 0 Å². The third-order valence-corrected chi connectivity index (χ3v) is 5.51. The Morgan fingerprint density at radius 2 is 1.89 bits per heavy atom. The van der Waals surface area contributed by atoms with Gasteiger partial charge in [0.15, 0.2) is 5.17 Å². The molecule has 4 rings (SSSR count). The smallest absolute Gasteiger partial charge is 0.264 e. The maximum Gasteiger partial charge on any atom is 0.264 e. The summed E-state index contributed by atoms with van der Waals surface area (Å²) < 4.78 is 5.85. The van der Waals surface area contributed by atoms with Gasteiger partial charge in [-0.15, -0.1) is 0 Å². The summed E-state index contributed by atoms with van der Waals surface area (Å²) in [6.07, 6.45) is 2.69. The van der Waals surface area contributed by atoms with E-state index >= 15 is 0 Å². The van der Waals surface area contributed by atoms with Gasteiger partial charge in [-0.2, -0.15) is 0 Å². The predicted molar refractivity (Wildman–Crippen MR) is 116 cm³/mol. The topological polar surface area (TPSA) is 54.6 Å². The average molecular weight is 409 g/mol. The summed E-state index contributed by atoms with van der Waals surface area (Å²) in [6.45, 7) is 2.11. The molecule has 0 spiro atoms. The number of benzene rings is 2. The highest BCUT2D eigenvalue weighted by atomic mass is 35.5.